The maximum absolute atomic E-state index is 9.17. The lowest BCUT2D eigenvalue weighted by Crippen LogP contribution is -2.42. The van der Waals surface area contributed by atoms with Crippen molar-refractivity contribution < 1.29 is 4.74 Å². The lowest BCUT2D eigenvalue weighted by atomic mass is 9.77. The second-order valence-corrected chi connectivity index (χ2v) is 10.7. The SMILES string of the molecule is C[C@H]1CC2(CCN(c3nnc(OC4CCNCC4)cc3Cl)CC2)CN1c1ccc(C#N)c(Cl)c1. The first-order chi connectivity index (χ1) is 16.5. The number of ether oxygens (including phenoxy) is 1. The Morgan fingerprint density at radius 1 is 1.12 bits per heavy atom. The monoisotopic (exact) mass is 500 g/mol. The third-order valence-electron chi connectivity index (χ3n) is 7.58. The van der Waals surface area contributed by atoms with Crippen molar-refractivity contribution in [2.24, 2.45) is 5.41 Å². The van der Waals surface area contributed by atoms with Crippen LogP contribution in [0.15, 0.2) is 24.3 Å². The van der Waals surface area contributed by atoms with Crippen LogP contribution in [0.1, 0.15) is 44.6 Å². The van der Waals surface area contributed by atoms with Crippen molar-refractivity contribution in [3.05, 3.63) is 39.9 Å². The normalized spacial score (nSPS) is 22.7. The van der Waals surface area contributed by atoms with Crippen LogP contribution in [-0.4, -0.2) is 55.1 Å². The first-order valence-electron chi connectivity index (χ1n) is 12.1. The van der Waals surface area contributed by atoms with E-state index < -0.39 is 0 Å². The number of halogens is 2. The van der Waals surface area contributed by atoms with E-state index in [-0.39, 0.29) is 11.5 Å². The third-order valence-corrected chi connectivity index (χ3v) is 8.17. The van der Waals surface area contributed by atoms with Gasteiger partial charge in [-0.1, -0.05) is 23.2 Å². The molecule has 9 heteroatoms. The lowest BCUT2D eigenvalue weighted by molar-refractivity contribution is 0.154. The van der Waals surface area contributed by atoms with E-state index in [0.717, 1.165) is 76.3 Å². The average molecular weight is 501 g/mol. The highest BCUT2D eigenvalue weighted by Crippen LogP contribution is 2.46. The van der Waals surface area contributed by atoms with Gasteiger partial charge >= 0.3 is 0 Å². The molecule has 3 aliphatic heterocycles. The number of piperidine rings is 2. The summed E-state index contributed by atoms with van der Waals surface area (Å²) in [5.74, 6) is 1.26. The Morgan fingerprint density at radius 3 is 2.56 bits per heavy atom. The summed E-state index contributed by atoms with van der Waals surface area (Å²) in [6.07, 6.45) is 5.40. The number of nitriles is 1. The third kappa shape index (κ3) is 4.77. The van der Waals surface area contributed by atoms with Crippen LogP contribution in [0.4, 0.5) is 11.5 Å². The van der Waals surface area contributed by atoms with E-state index in [2.05, 4.69) is 38.3 Å². The van der Waals surface area contributed by atoms with Crippen molar-refractivity contribution in [3.63, 3.8) is 0 Å². The van der Waals surface area contributed by atoms with Gasteiger partial charge in [0.25, 0.3) is 0 Å². The van der Waals surface area contributed by atoms with Crippen molar-refractivity contribution in [2.75, 3.05) is 42.5 Å². The van der Waals surface area contributed by atoms with Crippen LogP contribution in [0, 0.1) is 16.7 Å². The van der Waals surface area contributed by atoms with Gasteiger partial charge in [-0.15, -0.1) is 10.2 Å². The predicted octanol–water partition coefficient (Wildman–Crippen LogP) is 4.67. The number of anilines is 2. The molecule has 180 valence electrons. The molecule has 0 aliphatic carbocycles. The van der Waals surface area contributed by atoms with Crippen LogP contribution in [0.3, 0.4) is 0 Å². The zero-order valence-electron chi connectivity index (χ0n) is 19.4. The molecular formula is C25H30Cl2N6O. The van der Waals surface area contributed by atoms with E-state index in [1.165, 1.54) is 0 Å². The highest BCUT2D eigenvalue weighted by molar-refractivity contribution is 6.33. The van der Waals surface area contributed by atoms with Crippen molar-refractivity contribution in [2.45, 2.75) is 51.2 Å². The lowest BCUT2D eigenvalue weighted by Gasteiger charge is -2.40. The average Bonchev–Trinajstić information content (AvgIpc) is 3.16. The minimum atomic E-state index is 0.172. The van der Waals surface area contributed by atoms with E-state index in [9.17, 15) is 5.26 Å². The van der Waals surface area contributed by atoms with E-state index in [0.29, 0.717) is 27.5 Å². The molecule has 5 rings (SSSR count). The summed E-state index contributed by atoms with van der Waals surface area (Å²) >= 11 is 12.9. The Labute approximate surface area is 211 Å². The van der Waals surface area contributed by atoms with Gasteiger partial charge in [-0.2, -0.15) is 5.26 Å². The summed E-state index contributed by atoms with van der Waals surface area (Å²) in [7, 11) is 0. The van der Waals surface area contributed by atoms with Gasteiger partial charge in [0.2, 0.25) is 5.88 Å². The molecule has 4 heterocycles. The quantitative estimate of drug-likeness (QED) is 0.653. The van der Waals surface area contributed by atoms with Gasteiger partial charge in [0.15, 0.2) is 5.82 Å². The fourth-order valence-electron chi connectivity index (χ4n) is 5.69. The molecule has 1 N–H and O–H groups in total. The van der Waals surface area contributed by atoms with Crippen LogP contribution < -0.4 is 19.9 Å². The molecule has 0 saturated carbocycles. The second-order valence-electron chi connectivity index (χ2n) is 9.87. The molecular weight excluding hydrogens is 471 g/mol. The molecule has 1 atom stereocenters. The van der Waals surface area contributed by atoms with Crippen molar-refractivity contribution in [1.82, 2.24) is 15.5 Å². The minimum Gasteiger partial charge on any atom is -0.473 e. The molecule has 0 amide bonds. The number of hydrogen-bond acceptors (Lipinski definition) is 7. The number of aromatic nitrogens is 2. The maximum Gasteiger partial charge on any atom is 0.235 e. The maximum atomic E-state index is 9.17. The first kappa shape index (κ1) is 23.5. The molecule has 3 saturated heterocycles. The van der Waals surface area contributed by atoms with Crippen LogP contribution in [0.25, 0.3) is 0 Å². The molecule has 1 spiro atoms. The van der Waals surface area contributed by atoms with Crippen LogP contribution in [-0.2, 0) is 0 Å². The standard InChI is InChI=1S/C25H30Cl2N6O/c1-17-14-25(16-33(17)19-3-2-18(15-28)21(26)12-19)6-10-32(11-7-25)24-22(27)13-23(30-31-24)34-20-4-8-29-9-5-20/h2-3,12-13,17,20,29H,4-11,14,16H2,1H3/t17-/m0/s1. The summed E-state index contributed by atoms with van der Waals surface area (Å²) < 4.78 is 5.99. The van der Waals surface area contributed by atoms with E-state index in [4.69, 9.17) is 27.9 Å². The summed E-state index contributed by atoms with van der Waals surface area (Å²) in [5, 5.41) is 22.4. The molecule has 0 unspecified atom stereocenters. The molecule has 7 nitrogen and oxygen atoms in total. The molecule has 0 radical (unpaired) electrons. The van der Waals surface area contributed by atoms with Crippen molar-refractivity contribution >= 4 is 34.7 Å². The molecule has 34 heavy (non-hydrogen) atoms. The zero-order valence-corrected chi connectivity index (χ0v) is 20.9. The fraction of sp³-hybridized carbons (Fsp3) is 0.560. The Kier molecular flexibility index (Phi) is 6.74. The van der Waals surface area contributed by atoms with Crippen LogP contribution >= 0.6 is 23.2 Å². The Morgan fingerprint density at radius 2 is 1.88 bits per heavy atom. The number of nitrogens with zero attached hydrogens (tertiary/aromatic N) is 5. The zero-order chi connectivity index (χ0) is 23.7. The first-order valence-corrected chi connectivity index (χ1v) is 12.8. The van der Waals surface area contributed by atoms with Gasteiger partial charge in [0.05, 0.1) is 15.6 Å². The van der Waals surface area contributed by atoms with Crippen LogP contribution in [0.2, 0.25) is 10.0 Å². The number of rotatable bonds is 4. The summed E-state index contributed by atoms with van der Waals surface area (Å²) in [6, 6.07) is 10.1. The van der Waals surface area contributed by atoms with Gasteiger partial charge < -0.3 is 19.9 Å². The Balaban J connectivity index is 1.22. The molecule has 3 fully saturated rings. The topological polar surface area (TPSA) is 77.3 Å². The van der Waals surface area contributed by atoms with Crippen molar-refractivity contribution in [1.29, 1.82) is 5.26 Å². The molecule has 2 aromatic rings. The largest absolute Gasteiger partial charge is 0.473 e. The predicted molar refractivity (Wildman–Crippen MR) is 135 cm³/mol. The summed E-state index contributed by atoms with van der Waals surface area (Å²) in [4.78, 5) is 4.68. The van der Waals surface area contributed by atoms with Gasteiger partial charge in [0, 0.05) is 37.4 Å². The molecule has 0 bridgehead atoms. The second kappa shape index (κ2) is 9.77. The van der Waals surface area contributed by atoms with Crippen molar-refractivity contribution in [3.8, 4) is 11.9 Å². The number of hydrogen-bond donors (Lipinski definition) is 1. The fourth-order valence-corrected chi connectivity index (χ4v) is 6.16. The van der Waals surface area contributed by atoms with Gasteiger partial charge in [0.1, 0.15) is 12.2 Å². The Hall–Kier alpha value is -2.27. The summed E-state index contributed by atoms with van der Waals surface area (Å²) in [6.45, 7) is 7.00. The van der Waals surface area contributed by atoms with E-state index in [1.54, 1.807) is 0 Å². The van der Waals surface area contributed by atoms with Crippen LogP contribution in [0.5, 0.6) is 5.88 Å². The smallest absolute Gasteiger partial charge is 0.235 e. The Bertz CT molecular complexity index is 1080. The van der Waals surface area contributed by atoms with Gasteiger partial charge in [-0.3, -0.25) is 0 Å². The highest BCUT2D eigenvalue weighted by Gasteiger charge is 2.44. The highest BCUT2D eigenvalue weighted by atomic mass is 35.5. The van der Waals surface area contributed by atoms with Gasteiger partial charge in [-0.05, 0) is 75.7 Å². The van der Waals surface area contributed by atoms with E-state index >= 15 is 0 Å². The molecule has 1 aromatic carbocycles. The summed E-state index contributed by atoms with van der Waals surface area (Å²) in [5.41, 5.74) is 1.87. The minimum absolute atomic E-state index is 0.172. The molecule has 3 aliphatic rings. The van der Waals surface area contributed by atoms with E-state index in [1.807, 2.05) is 24.3 Å². The number of nitrogens with one attached hydrogen (secondary N) is 1. The number of benzene rings is 1. The molecule has 1 aromatic heterocycles. The van der Waals surface area contributed by atoms with Gasteiger partial charge in [-0.25, -0.2) is 0 Å².